The van der Waals surface area contributed by atoms with Crippen molar-refractivity contribution in [3.8, 4) is 0 Å². The van der Waals surface area contributed by atoms with Crippen LogP contribution in [0, 0.1) is 0 Å². The van der Waals surface area contributed by atoms with Gasteiger partial charge >= 0.3 is 0 Å². The van der Waals surface area contributed by atoms with E-state index in [1.807, 2.05) is 0 Å². The average molecular weight is 532 g/mol. The molecule has 0 radical (unpaired) electrons. The van der Waals surface area contributed by atoms with Gasteiger partial charge in [-0.1, -0.05) is 168 Å². The minimum atomic E-state index is 1.20. The Balaban J connectivity index is 2.12. The Bertz CT molecular complexity index is 590. The van der Waals surface area contributed by atoms with E-state index < -0.39 is 0 Å². The third kappa shape index (κ3) is 20.2. The minimum Gasteiger partial charge on any atom is -0.234 e. The Hall–Kier alpha value is -0.790. The van der Waals surface area contributed by atoms with Gasteiger partial charge in [0.1, 0.15) is 12.4 Å². The Labute approximate surface area is 240 Å². The zero-order chi connectivity index (χ0) is 27.4. The van der Waals surface area contributed by atoms with Crippen molar-refractivity contribution < 1.29 is 4.57 Å². The van der Waals surface area contributed by atoms with Gasteiger partial charge in [0.05, 0.1) is 13.1 Å². The number of nitrogens with zero attached hydrogens (tertiary/aromatic N) is 2. The Morgan fingerprint density at radius 1 is 0.447 bits per heavy atom. The van der Waals surface area contributed by atoms with E-state index in [9.17, 15) is 0 Å². The number of aryl methyl sites for hydroxylation is 2. The molecule has 0 aliphatic carbocycles. The number of rotatable bonds is 30. The molecule has 0 atom stereocenters. The van der Waals surface area contributed by atoms with E-state index in [1.165, 1.54) is 193 Å². The highest BCUT2D eigenvalue weighted by Crippen LogP contribution is 2.15. The molecule has 0 aliphatic heterocycles. The summed E-state index contributed by atoms with van der Waals surface area (Å²) in [6.07, 6.45) is 44.5. The van der Waals surface area contributed by atoms with Gasteiger partial charge in [0.2, 0.25) is 0 Å². The second-order valence-electron chi connectivity index (χ2n) is 12.3. The third-order valence-electron chi connectivity index (χ3n) is 8.60. The molecule has 0 bridgehead atoms. The molecule has 2 nitrogen and oxygen atoms in total. The molecule has 0 N–H and O–H groups in total. The first kappa shape index (κ1) is 35.2. The summed E-state index contributed by atoms with van der Waals surface area (Å²) in [5, 5.41) is 0. The first-order chi connectivity index (χ1) is 18.8. The summed E-state index contributed by atoms with van der Waals surface area (Å²) in [6, 6.07) is 0. The fourth-order valence-electron chi connectivity index (χ4n) is 5.94. The van der Waals surface area contributed by atoms with E-state index in [-0.39, 0.29) is 0 Å². The molecule has 38 heavy (non-hydrogen) atoms. The number of hydrogen-bond donors (Lipinski definition) is 0. The van der Waals surface area contributed by atoms with Gasteiger partial charge in [-0.2, -0.15) is 0 Å². The van der Waals surface area contributed by atoms with Crippen molar-refractivity contribution in [2.24, 2.45) is 0 Å². The van der Waals surface area contributed by atoms with Crippen LogP contribution in [0.3, 0.4) is 0 Å². The molecule has 0 saturated carbocycles. The summed E-state index contributed by atoms with van der Waals surface area (Å²) < 4.78 is 5.18. The molecule has 0 unspecified atom stereocenters. The summed E-state index contributed by atoms with van der Waals surface area (Å²) in [6.45, 7) is 9.36. The molecule has 0 saturated heterocycles. The van der Waals surface area contributed by atoms with E-state index in [0.29, 0.717) is 0 Å². The molecule has 224 valence electrons. The van der Waals surface area contributed by atoms with Crippen LogP contribution >= 0.6 is 0 Å². The topological polar surface area (TPSA) is 8.81 Å². The van der Waals surface area contributed by atoms with Gasteiger partial charge in [-0.05, 0) is 25.7 Å². The predicted molar refractivity (Wildman–Crippen MR) is 170 cm³/mol. The molecule has 0 aliphatic rings. The predicted octanol–water partition coefficient (Wildman–Crippen LogP) is 11.9. The van der Waals surface area contributed by atoms with Gasteiger partial charge in [0, 0.05) is 6.42 Å². The molecule has 1 aromatic rings. The number of hydrogen-bond acceptors (Lipinski definition) is 0. The van der Waals surface area contributed by atoms with Crippen LogP contribution in [0.5, 0.6) is 0 Å². The lowest BCUT2D eigenvalue weighted by molar-refractivity contribution is -0.704. The molecule has 2 heteroatoms. The minimum absolute atomic E-state index is 1.20. The van der Waals surface area contributed by atoms with Crippen molar-refractivity contribution >= 4 is 0 Å². The monoisotopic (exact) mass is 532 g/mol. The van der Waals surface area contributed by atoms with Gasteiger partial charge in [-0.3, -0.25) is 0 Å². The molecule has 1 heterocycles. The molecule has 1 aromatic heterocycles. The molecule has 0 amide bonds. The Morgan fingerprint density at radius 2 is 0.816 bits per heavy atom. The maximum absolute atomic E-state index is 2.60. The summed E-state index contributed by atoms with van der Waals surface area (Å²) >= 11 is 0. The van der Waals surface area contributed by atoms with Crippen LogP contribution in [-0.2, 0) is 19.5 Å². The molecule has 0 fully saturated rings. The van der Waals surface area contributed by atoms with Crippen molar-refractivity contribution in [1.82, 2.24) is 4.57 Å². The van der Waals surface area contributed by atoms with Crippen LogP contribution in [0.15, 0.2) is 12.4 Å². The van der Waals surface area contributed by atoms with Gasteiger partial charge < -0.3 is 0 Å². The largest absolute Gasteiger partial charge is 0.256 e. The molecular weight excluding hydrogens is 460 g/mol. The first-order valence-corrected chi connectivity index (χ1v) is 17.9. The lowest BCUT2D eigenvalue weighted by Crippen LogP contribution is -2.37. The fraction of sp³-hybridized carbons (Fsp3) is 0.917. The first-order valence-electron chi connectivity index (χ1n) is 17.9. The summed E-state index contributed by atoms with van der Waals surface area (Å²) in [4.78, 5) is 0. The van der Waals surface area contributed by atoms with Crippen molar-refractivity contribution in [1.29, 1.82) is 0 Å². The maximum atomic E-state index is 2.60. The van der Waals surface area contributed by atoms with Crippen LogP contribution in [0.25, 0.3) is 0 Å². The van der Waals surface area contributed by atoms with Crippen molar-refractivity contribution in [3.63, 3.8) is 0 Å². The smallest absolute Gasteiger partial charge is 0.234 e. The van der Waals surface area contributed by atoms with Gasteiger partial charge in [0.25, 0.3) is 5.82 Å². The van der Waals surface area contributed by atoms with Gasteiger partial charge in [-0.15, -0.1) is 0 Å². The normalized spacial score (nSPS) is 11.6. The third-order valence-corrected chi connectivity index (χ3v) is 8.60. The second-order valence-corrected chi connectivity index (χ2v) is 12.3. The average Bonchev–Trinajstić information content (AvgIpc) is 3.31. The summed E-state index contributed by atoms with van der Waals surface area (Å²) in [5.41, 5.74) is 0. The molecule has 0 spiro atoms. The highest BCUT2D eigenvalue weighted by molar-refractivity contribution is 4.84. The van der Waals surface area contributed by atoms with Crippen LogP contribution in [-0.4, -0.2) is 4.57 Å². The Morgan fingerprint density at radius 3 is 1.24 bits per heavy atom. The standard InChI is InChI=1S/C36H71N2/c1-4-7-10-12-14-16-18-19-20-22-24-26-28-30-33-38-35-34-37(32-9-6-3)36(38)31-29-27-25-23-21-17-15-13-11-8-5-2/h34-35H,4-33H2,1-3H3/q+1. The van der Waals surface area contributed by atoms with E-state index in [2.05, 4.69) is 42.3 Å². The van der Waals surface area contributed by atoms with Crippen LogP contribution in [0.4, 0.5) is 0 Å². The number of unbranched alkanes of at least 4 members (excludes halogenated alkanes) is 24. The molecule has 0 aromatic carbocycles. The quantitative estimate of drug-likeness (QED) is 0.0689. The fourth-order valence-corrected chi connectivity index (χ4v) is 5.94. The highest BCUT2D eigenvalue weighted by Gasteiger charge is 2.16. The number of imidazole rings is 1. The molecule has 1 rings (SSSR count). The van der Waals surface area contributed by atoms with Crippen molar-refractivity contribution in [2.45, 2.75) is 214 Å². The van der Waals surface area contributed by atoms with E-state index >= 15 is 0 Å². The summed E-state index contributed by atoms with van der Waals surface area (Å²) in [7, 11) is 0. The molecular formula is C36H71N2+. The lowest BCUT2D eigenvalue weighted by Gasteiger charge is -2.07. The van der Waals surface area contributed by atoms with Crippen LogP contribution in [0.2, 0.25) is 0 Å². The zero-order valence-electron chi connectivity index (χ0n) is 26.8. The van der Waals surface area contributed by atoms with E-state index in [1.54, 1.807) is 5.82 Å². The SMILES string of the molecule is CCCCCCCCCCCCCCCC[n+]1ccn(CCCC)c1CCCCCCCCCCCCC. The van der Waals surface area contributed by atoms with Gasteiger partial charge in [-0.25, -0.2) is 9.13 Å². The zero-order valence-corrected chi connectivity index (χ0v) is 26.8. The van der Waals surface area contributed by atoms with Crippen molar-refractivity contribution in [3.05, 3.63) is 18.2 Å². The maximum Gasteiger partial charge on any atom is 0.256 e. The number of aromatic nitrogens is 2. The van der Waals surface area contributed by atoms with Crippen LogP contribution < -0.4 is 4.57 Å². The van der Waals surface area contributed by atoms with E-state index in [4.69, 9.17) is 0 Å². The summed E-state index contributed by atoms with van der Waals surface area (Å²) in [5.74, 6) is 1.60. The second kappa shape index (κ2) is 27.8. The van der Waals surface area contributed by atoms with Gasteiger partial charge in [0.15, 0.2) is 0 Å². The Kier molecular flexibility index (Phi) is 25.7. The van der Waals surface area contributed by atoms with Crippen LogP contribution in [0.1, 0.15) is 200 Å². The highest BCUT2D eigenvalue weighted by atomic mass is 15.1. The lowest BCUT2D eigenvalue weighted by atomic mass is 10.0. The van der Waals surface area contributed by atoms with E-state index in [0.717, 1.165) is 0 Å². The van der Waals surface area contributed by atoms with Crippen molar-refractivity contribution in [2.75, 3.05) is 0 Å².